The van der Waals surface area contributed by atoms with Gasteiger partial charge in [0.15, 0.2) is 31.4 Å². The van der Waals surface area contributed by atoms with E-state index < -0.39 is 39.0 Å². The number of carbonyl (C=O) groups excluding carboxylic acids is 1. The van der Waals surface area contributed by atoms with Gasteiger partial charge in [-0.05, 0) is 86.8 Å². The van der Waals surface area contributed by atoms with E-state index in [1.54, 1.807) is 0 Å². The van der Waals surface area contributed by atoms with Crippen LogP contribution in [0.5, 0.6) is 0 Å². The Labute approximate surface area is 241 Å². The summed E-state index contributed by atoms with van der Waals surface area (Å²) < 4.78 is 62.0. The number of esters is 1. The van der Waals surface area contributed by atoms with E-state index in [1.807, 2.05) is 0 Å². The lowest BCUT2D eigenvalue weighted by Gasteiger charge is -2.58. The molecule has 3 aromatic carbocycles. The van der Waals surface area contributed by atoms with Crippen molar-refractivity contribution in [2.45, 2.75) is 64.1 Å². The lowest BCUT2D eigenvalue weighted by atomic mass is 9.48. The largest absolute Gasteiger partial charge is 0.743 e. The molecule has 4 fully saturated rings. The second kappa shape index (κ2) is 11.5. The van der Waals surface area contributed by atoms with E-state index in [0.717, 1.165) is 6.42 Å². The first-order valence-electron chi connectivity index (χ1n) is 13.5. The van der Waals surface area contributed by atoms with Gasteiger partial charge in [-0.3, -0.25) is 4.79 Å². The number of carbonyl (C=O) groups is 1. The molecule has 4 aliphatic carbocycles. The maximum absolute atomic E-state index is 13.1. The normalized spacial score (nSPS) is 26.8. The summed E-state index contributed by atoms with van der Waals surface area (Å²) in [4.78, 5) is 16.3. The number of halogens is 2. The molecule has 0 saturated heterocycles. The Morgan fingerprint density at radius 1 is 0.854 bits per heavy atom. The van der Waals surface area contributed by atoms with Crippen molar-refractivity contribution in [3.05, 3.63) is 91.0 Å². The first kappa shape index (κ1) is 29.7. The van der Waals surface area contributed by atoms with Crippen molar-refractivity contribution in [1.29, 1.82) is 0 Å². The molecular formula is C31H32F2O6S2. The van der Waals surface area contributed by atoms with Gasteiger partial charge in [0.1, 0.15) is 0 Å². The molecule has 0 aromatic heterocycles. The third-order valence-corrected chi connectivity index (χ3v) is 11.2. The Kier molecular flexibility index (Phi) is 8.31. The molecule has 3 aromatic rings. The van der Waals surface area contributed by atoms with Crippen LogP contribution < -0.4 is 0 Å². The van der Waals surface area contributed by atoms with E-state index in [1.165, 1.54) is 14.7 Å². The van der Waals surface area contributed by atoms with Crippen LogP contribution in [0.1, 0.15) is 38.5 Å². The average molecular weight is 603 g/mol. The van der Waals surface area contributed by atoms with Crippen molar-refractivity contribution in [3.8, 4) is 0 Å². The minimum absolute atomic E-state index is 0.0146. The summed E-state index contributed by atoms with van der Waals surface area (Å²) in [7, 11) is -5.89. The zero-order valence-electron chi connectivity index (χ0n) is 22.3. The molecule has 0 aliphatic heterocycles. The summed E-state index contributed by atoms with van der Waals surface area (Å²) in [6, 6.07) is 32.2. The Bertz CT molecular complexity index is 1340. The minimum atomic E-state index is -5.88. The molecule has 41 heavy (non-hydrogen) atoms. The molecule has 6 nitrogen and oxygen atoms in total. The molecule has 7 rings (SSSR count). The Morgan fingerprint density at radius 2 is 1.27 bits per heavy atom. The zero-order valence-corrected chi connectivity index (χ0v) is 24.0. The second-order valence-corrected chi connectivity index (χ2v) is 14.9. The van der Waals surface area contributed by atoms with Crippen LogP contribution in [0.2, 0.25) is 0 Å². The predicted octanol–water partition coefficient (Wildman–Crippen LogP) is 5.78. The summed E-state index contributed by atoms with van der Waals surface area (Å²) in [5.74, 6) is -0.617. The highest BCUT2D eigenvalue weighted by atomic mass is 32.2. The van der Waals surface area contributed by atoms with Gasteiger partial charge in [-0.25, -0.2) is 8.42 Å². The van der Waals surface area contributed by atoms with Crippen molar-refractivity contribution in [1.82, 2.24) is 0 Å². The SMILES string of the molecule is O=C(OCC(F)(F)S(=O)(=O)[O-])C12CC3CC(CC(O)(C3)C1)C2.c1ccc([S+](c2ccccc2)c2ccccc2)cc1. The summed E-state index contributed by atoms with van der Waals surface area (Å²) in [6.07, 6.45) is 3.18. The van der Waals surface area contributed by atoms with Crippen LogP contribution >= 0.6 is 0 Å². The van der Waals surface area contributed by atoms with Gasteiger partial charge >= 0.3 is 11.2 Å². The zero-order chi connectivity index (χ0) is 29.3. The van der Waals surface area contributed by atoms with Gasteiger partial charge in [0.25, 0.3) is 0 Å². The fourth-order valence-corrected chi connectivity index (χ4v) is 9.21. The van der Waals surface area contributed by atoms with E-state index >= 15 is 0 Å². The predicted molar refractivity (Wildman–Crippen MR) is 149 cm³/mol. The lowest BCUT2D eigenvalue weighted by molar-refractivity contribution is -0.199. The lowest BCUT2D eigenvalue weighted by Crippen LogP contribution is -2.58. The van der Waals surface area contributed by atoms with Crippen LogP contribution in [-0.2, 0) is 30.5 Å². The smallest absolute Gasteiger partial charge is 0.367 e. The first-order valence-corrected chi connectivity index (χ1v) is 16.2. The highest BCUT2D eigenvalue weighted by Crippen LogP contribution is 2.62. The van der Waals surface area contributed by atoms with Crippen LogP contribution in [0, 0.1) is 17.3 Å². The fourth-order valence-electron chi connectivity index (χ4n) is 6.91. The monoisotopic (exact) mass is 602 g/mol. The van der Waals surface area contributed by atoms with Crippen molar-refractivity contribution < 1.29 is 36.4 Å². The summed E-state index contributed by atoms with van der Waals surface area (Å²) >= 11 is 0. The Balaban J connectivity index is 0.000000166. The molecule has 4 bridgehead atoms. The number of hydrogen-bond acceptors (Lipinski definition) is 6. The number of rotatable bonds is 7. The molecule has 2 atom stereocenters. The Morgan fingerprint density at radius 3 is 1.63 bits per heavy atom. The van der Waals surface area contributed by atoms with Crippen LogP contribution in [-0.4, -0.2) is 41.5 Å². The summed E-state index contributed by atoms with van der Waals surface area (Å²) in [5.41, 5.74) is -1.99. The molecule has 0 amide bonds. The van der Waals surface area contributed by atoms with Crippen LogP contribution in [0.15, 0.2) is 106 Å². The quantitative estimate of drug-likeness (QED) is 0.209. The van der Waals surface area contributed by atoms with E-state index in [-0.39, 0.29) is 29.2 Å². The summed E-state index contributed by atoms with van der Waals surface area (Å²) in [6.45, 7) is -1.77. The van der Waals surface area contributed by atoms with Crippen LogP contribution in [0.3, 0.4) is 0 Å². The van der Waals surface area contributed by atoms with Gasteiger partial charge in [-0.15, -0.1) is 0 Å². The number of benzene rings is 3. The van der Waals surface area contributed by atoms with E-state index in [4.69, 9.17) is 0 Å². The van der Waals surface area contributed by atoms with Crippen molar-refractivity contribution in [2.75, 3.05) is 6.61 Å². The molecule has 2 unspecified atom stereocenters. The third kappa shape index (κ3) is 6.51. The molecule has 0 heterocycles. The number of alkyl halides is 2. The molecule has 4 saturated carbocycles. The molecule has 1 N–H and O–H groups in total. The van der Waals surface area contributed by atoms with Crippen LogP contribution in [0.25, 0.3) is 0 Å². The van der Waals surface area contributed by atoms with Gasteiger partial charge in [-0.2, -0.15) is 8.78 Å². The third-order valence-electron chi connectivity index (χ3n) is 8.14. The van der Waals surface area contributed by atoms with E-state index in [0.29, 0.717) is 25.7 Å². The standard InChI is InChI=1S/C18H15S.C13H18F2O6S/c1-4-10-16(11-5-1)19(17-12-6-2-7-13-17)18-14-8-3-9-15-18;14-13(15,22(18,19)20)7-21-10(16)11-2-8-1-9(3-11)5-12(17,4-8)6-11/h1-15H;8-9,17H,1-7H2,(H,18,19,20)/q+1;/p-1. The first-order chi connectivity index (χ1) is 19.4. The maximum atomic E-state index is 13.1. The highest BCUT2D eigenvalue weighted by molar-refractivity contribution is 7.97. The molecule has 0 radical (unpaired) electrons. The minimum Gasteiger partial charge on any atom is -0.743 e. The fraction of sp³-hybridized carbons (Fsp3) is 0.387. The highest BCUT2D eigenvalue weighted by Gasteiger charge is 2.61. The van der Waals surface area contributed by atoms with Crippen molar-refractivity contribution in [3.63, 3.8) is 0 Å². The maximum Gasteiger partial charge on any atom is 0.367 e. The molecule has 10 heteroatoms. The number of hydrogen-bond donors (Lipinski definition) is 1. The van der Waals surface area contributed by atoms with Gasteiger partial charge in [0.2, 0.25) is 0 Å². The molecule has 0 spiro atoms. The second-order valence-electron chi connectivity index (χ2n) is 11.4. The molecular weight excluding hydrogens is 570 g/mol. The average Bonchev–Trinajstić information content (AvgIpc) is 2.92. The number of ether oxygens (including phenoxy) is 1. The Hall–Kier alpha value is -2.79. The van der Waals surface area contributed by atoms with Crippen molar-refractivity contribution >= 4 is 27.0 Å². The molecule has 4 aliphatic rings. The van der Waals surface area contributed by atoms with Gasteiger partial charge in [0, 0.05) is 0 Å². The van der Waals surface area contributed by atoms with Gasteiger partial charge in [-0.1, -0.05) is 54.6 Å². The van der Waals surface area contributed by atoms with Gasteiger partial charge in [0.05, 0.1) is 21.9 Å². The van der Waals surface area contributed by atoms with Crippen LogP contribution in [0.4, 0.5) is 8.78 Å². The van der Waals surface area contributed by atoms with E-state index in [9.17, 15) is 31.7 Å². The van der Waals surface area contributed by atoms with Crippen molar-refractivity contribution in [2.24, 2.45) is 17.3 Å². The number of aliphatic hydroxyl groups is 1. The summed E-state index contributed by atoms with van der Waals surface area (Å²) in [5, 5.41) is 5.84. The topological polar surface area (TPSA) is 104 Å². The molecule has 218 valence electrons. The van der Waals surface area contributed by atoms with E-state index in [2.05, 4.69) is 95.7 Å². The van der Waals surface area contributed by atoms with Gasteiger partial charge < -0.3 is 14.4 Å².